The van der Waals surface area contributed by atoms with Crippen molar-refractivity contribution < 1.29 is 0 Å². The third kappa shape index (κ3) is 6.19. The quantitative estimate of drug-likeness (QED) is 0.160. The maximum absolute atomic E-state index is 5.39. The van der Waals surface area contributed by atoms with Crippen molar-refractivity contribution in [2.24, 2.45) is 0 Å². The first kappa shape index (κ1) is 37.5. The molecule has 0 aliphatic carbocycles. The number of aromatic nitrogens is 6. The maximum atomic E-state index is 5.39. The Morgan fingerprint density at radius 2 is 0.788 bits per heavy atom. The first-order valence-electron chi connectivity index (χ1n) is 22.2. The molecule has 6 heteroatoms. The van der Waals surface area contributed by atoms with Crippen LogP contribution >= 0.6 is 0 Å². The molecule has 66 heavy (non-hydrogen) atoms. The SMILES string of the molecule is c1ccc(-c2ccc(-c3nc(-n4c5ccccc5c5cc(-c6ccc7c(c6)c6nc(-c8ccccc8)nc(-c8ccccc8)c6n7-c6ccccc6)ccc54)nc4ccccc34)cc2)cc1. The van der Waals surface area contributed by atoms with Crippen molar-refractivity contribution in [2.45, 2.75) is 0 Å². The van der Waals surface area contributed by atoms with Gasteiger partial charge in [-0.2, -0.15) is 0 Å². The number of para-hydroxylation sites is 3. The van der Waals surface area contributed by atoms with Crippen LogP contribution in [-0.4, -0.2) is 29.1 Å². The normalized spacial score (nSPS) is 11.6. The fourth-order valence-corrected chi connectivity index (χ4v) is 9.64. The second-order valence-electron chi connectivity index (χ2n) is 16.6. The molecule has 4 heterocycles. The Balaban J connectivity index is 0.998. The van der Waals surface area contributed by atoms with E-state index in [1.165, 1.54) is 11.1 Å². The zero-order valence-corrected chi connectivity index (χ0v) is 35.6. The summed E-state index contributed by atoms with van der Waals surface area (Å²) in [7, 11) is 0. The van der Waals surface area contributed by atoms with Gasteiger partial charge < -0.3 is 4.57 Å². The number of rotatable bonds is 7. The first-order valence-corrected chi connectivity index (χ1v) is 22.2. The van der Waals surface area contributed by atoms with Crippen molar-refractivity contribution >= 4 is 54.6 Å². The van der Waals surface area contributed by atoms with Gasteiger partial charge in [-0.15, -0.1) is 0 Å². The highest BCUT2D eigenvalue weighted by atomic mass is 15.2. The van der Waals surface area contributed by atoms with Gasteiger partial charge in [-0.3, -0.25) is 4.57 Å². The summed E-state index contributed by atoms with van der Waals surface area (Å²) in [4.78, 5) is 21.3. The van der Waals surface area contributed by atoms with Crippen molar-refractivity contribution in [1.82, 2.24) is 29.1 Å². The summed E-state index contributed by atoms with van der Waals surface area (Å²) < 4.78 is 4.53. The summed E-state index contributed by atoms with van der Waals surface area (Å²) in [6.45, 7) is 0. The van der Waals surface area contributed by atoms with Crippen molar-refractivity contribution in [1.29, 1.82) is 0 Å². The van der Waals surface area contributed by atoms with Crippen molar-refractivity contribution in [3.8, 4) is 67.8 Å². The summed E-state index contributed by atoms with van der Waals surface area (Å²) in [5, 5.41) is 4.33. The lowest BCUT2D eigenvalue weighted by atomic mass is 10.0. The van der Waals surface area contributed by atoms with Gasteiger partial charge in [0, 0.05) is 43.9 Å². The Morgan fingerprint density at radius 1 is 0.288 bits per heavy atom. The molecule has 0 saturated carbocycles. The molecule has 308 valence electrons. The molecule has 0 saturated heterocycles. The van der Waals surface area contributed by atoms with Gasteiger partial charge in [-0.1, -0.05) is 182 Å². The van der Waals surface area contributed by atoms with E-state index in [0.717, 1.165) is 99.5 Å². The van der Waals surface area contributed by atoms with Crippen LogP contribution in [0.1, 0.15) is 0 Å². The molecule has 13 aromatic rings. The van der Waals surface area contributed by atoms with E-state index in [1.807, 2.05) is 36.4 Å². The third-order valence-electron chi connectivity index (χ3n) is 12.8. The molecule has 0 atom stereocenters. The van der Waals surface area contributed by atoms with Gasteiger partial charge in [0.05, 0.1) is 39.0 Å². The second-order valence-corrected chi connectivity index (χ2v) is 16.6. The smallest absolute Gasteiger partial charge is 0.235 e. The number of hydrogen-bond donors (Lipinski definition) is 0. The summed E-state index contributed by atoms with van der Waals surface area (Å²) in [5.41, 5.74) is 16.3. The molecule has 0 amide bonds. The second kappa shape index (κ2) is 15.4. The largest absolute Gasteiger partial charge is 0.306 e. The Morgan fingerprint density at radius 3 is 1.50 bits per heavy atom. The van der Waals surface area contributed by atoms with Crippen LogP contribution in [0, 0.1) is 0 Å². The topological polar surface area (TPSA) is 61.4 Å². The van der Waals surface area contributed by atoms with E-state index >= 15 is 0 Å². The predicted molar refractivity (Wildman–Crippen MR) is 271 cm³/mol. The van der Waals surface area contributed by atoms with E-state index in [9.17, 15) is 0 Å². The van der Waals surface area contributed by atoms with Gasteiger partial charge >= 0.3 is 0 Å². The Hall–Kier alpha value is -9.00. The van der Waals surface area contributed by atoms with E-state index in [0.29, 0.717) is 11.8 Å². The number of benzene rings is 9. The van der Waals surface area contributed by atoms with E-state index in [-0.39, 0.29) is 0 Å². The standard InChI is InChI=1S/C60H38N6/c1-5-17-39(18-6-1)40-29-31-42(32-30-40)55-48-26-13-15-27-51(48)61-60(64-55)66-52-28-16-14-25-47(52)49-37-44(33-35-53(49)66)45-34-36-54-50(38-45)57-58(65(54)46-23-11-4-12-24-46)56(41-19-7-2-8-20-41)62-59(63-57)43-21-9-3-10-22-43/h1-38H. The molecule has 0 unspecified atom stereocenters. The molecule has 0 radical (unpaired) electrons. The van der Waals surface area contributed by atoms with Gasteiger partial charge in [0.15, 0.2) is 5.82 Å². The molecule has 4 aromatic heterocycles. The lowest BCUT2D eigenvalue weighted by Crippen LogP contribution is -2.03. The van der Waals surface area contributed by atoms with Crippen LogP contribution in [0.15, 0.2) is 231 Å². The Kier molecular flexibility index (Phi) is 8.74. The fourth-order valence-electron chi connectivity index (χ4n) is 9.64. The van der Waals surface area contributed by atoms with Gasteiger partial charge in [0.25, 0.3) is 0 Å². The molecule has 0 aliphatic heterocycles. The summed E-state index contributed by atoms with van der Waals surface area (Å²) in [6, 6.07) is 80.8. The molecule has 13 rings (SSSR count). The minimum atomic E-state index is 0.632. The Labute approximate surface area is 380 Å². The maximum Gasteiger partial charge on any atom is 0.235 e. The van der Waals surface area contributed by atoms with Crippen LogP contribution in [-0.2, 0) is 0 Å². The lowest BCUT2D eigenvalue weighted by molar-refractivity contribution is 1.01. The van der Waals surface area contributed by atoms with E-state index in [1.54, 1.807) is 0 Å². The zero-order valence-electron chi connectivity index (χ0n) is 35.6. The van der Waals surface area contributed by atoms with Gasteiger partial charge in [-0.05, 0) is 70.8 Å². The molecular formula is C60H38N6. The summed E-state index contributed by atoms with van der Waals surface area (Å²) in [6.07, 6.45) is 0. The van der Waals surface area contributed by atoms with Crippen LogP contribution in [0.4, 0.5) is 0 Å². The minimum Gasteiger partial charge on any atom is -0.306 e. The minimum absolute atomic E-state index is 0.632. The van der Waals surface area contributed by atoms with E-state index in [4.69, 9.17) is 19.9 Å². The molecule has 0 aliphatic rings. The monoisotopic (exact) mass is 842 g/mol. The van der Waals surface area contributed by atoms with Gasteiger partial charge in [0.1, 0.15) is 5.52 Å². The Bertz CT molecular complexity index is 3950. The number of hydrogen-bond acceptors (Lipinski definition) is 4. The third-order valence-corrected chi connectivity index (χ3v) is 12.8. The first-order chi connectivity index (χ1) is 32.7. The van der Waals surface area contributed by atoms with Crippen LogP contribution in [0.25, 0.3) is 122 Å². The molecule has 6 nitrogen and oxygen atoms in total. The van der Waals surface area contributed by atoms with E-state index < -0.39 is 0 Å². The molecule has 0 N–H and O–H groups in total. The van der Waals surface area contributed by atoms with Gasteiger partial charge in [0.2, 0.25) is 5.95 Å². The molecule has 0 fully saturated rings. The highest BCUT2D eigenvalue weighted by molar-refractivity contribution is 6.14. The molecule has 0 spiro atoms. The lowest BCUT2D eigenvalue weighted by Gasteiger charge is -2.12. The summed E-state index contributed by atoms with van der Waals surface area (Å²) >= 11 is 0. The number of fused-ring (bicyclic) bond motifs is 7. The highest BCUT2D eigenvalue weighted by Crippen LogP contribution is 2.41. The van der Waals surface area contributed by atoms with Crippen molar-refractivity contribution in [3.63, 3.8) is 0 Å². The zero-order chi connectivity index (χ0) is 43.6. The average Bonchev–Trinajstić information content (AvgIpc) is 3.91. The predicted octanol–water partition coefficient (Wildman–Crippen LogP) is 14.9. The van der Waals surface area contributed by atoms with Crippen LogP contribution in [0.2, 0.25) is 0 Å². The summed E-state index contributed by atoms with van der Waals surface area (Å²) in [5.74, 6) is 1.32. The molecule has 9 aromatic carbocycles. The molecular weight excluding hydrogens is 805 g/mol. The average molecular weight is 843 g/mol. The van der Waals surface area contributed by atoms with Crippen LogP contribution in [0.3, 0.4) is 0 Å². The van der Waals surface area contributed by atoms with Crippen molar-refractivity contribution in [3.05, 3.63) is 231 Å². The van der Waals surface area contributed by atoms with Crippen LogP contribution < -0.4 is 0 Å². The molecule has 0 bridgehead atoms. The highest BCUT2D eigenvalue weighted by Gasteiger charge is 2.23. The van der Waals surface area contributed by atoms with E-state index in [2.05, 4.69) is 203 Å². The fraction of sp³-hybridized carbons (Fsp3) is 0. The number of nitrogens with zero attached hydrogens (tertiary/aromatic N) is 6. The van der Waals surface area contributed by atoms with Crippen LogP contribution in [0.5, 0.6) is 0 Å². The van der Waals surface area contributed by atoms with Gasteiger partial charge in [-0.25, -0.2) is 19.9 Å². The van der Waals surface area contributed by atoms with Crippen molar-refractivity contribution in [2.75, 3.05) is 0 Å².